The van der Waals surface area contributed by atoms with Crippen molar-refractivity contribution in [1.82, 2.24) is 9.38 Å². The molecule has 0 spiro atoms. The highest BCUT2D eigenvalue weighted by Gasteiger charge is 2.03. The summed E-state index contributed by atoms with van der Waals surface area (Å²) in [7, 11) is 0. The number of benzene rings is 1. The zero-order valence-corrected chi connectivity index (χ0v) is 8.84. The van der Waals surface area contributed by atoms with E-state index in [0.717, 1.165) is 16.5 Å². The van der Waals surface area contributed by atoms with Gasteiger partial charge in [-0.3, -0.25) is 4.79 Å². The van der Waals surface area contributed by atoms with Crippen molar-refractivity contribution in [3.63, 3.8) is 0 Å². The van der Waals surface area contributed by atoms with Crippen LogP contribution in [-0.4, -0.2) is 9.38 Å². The molecule has 0 unspecified atom stereocenters. The Balaban J connectivity index is 2.66. The molecule has 78 valence electrons. The topological polar surface area (TPSA) is 34.4 Å². The van der Waals surface area contributed by atoms with Crippen molar-refractivity contribution < 1.29 is 0 Å². The summed E-state index contributed by atoms with van der Waals surface area (Å²) in [5.41, 5.74) is 2.16. The lowest BCUT2D eigenvalue weighted by Crippen LogP contribution is -2.04. The molecule has 0 aliphatic carbocycles. The van der Waals surface area contributed by atoms with Gasteiger partial charge in [0, 0.05) is 17.8 Å². The summed E-state index contributed by atoms with van der Waals surface area (Å²) in [5.74, 6) is 0. The van der Waals surface area contributed by atoms with Crippen LogP contribution in [0.1, 0.15) is 5.56 Å². The molecule has 3 aromatic rings. The van der Waals surface area contributed by atoms with Crippen LogP contribution in [0.15, 0.2) is 47.5 Å². The summed E-state index contributed by atoms with van der Waals surface area (Å²) in [6.45, 7) is 1.92. The lowest BCUT2D eigenvalue weighted by atomic mass is 10.2. The Kier molecular flexibility index (Phi) is 1.80. The summed E-state index contributed by atoms with van der Waals surface area (Å²) >= 11 is 0. The molecule has 2 aromatic heterocycles. The molecule has 3 rings (SSSR count). The van der Waals surface area contributed by atoms with Gasteiger partial charge in [-0.15, -0.1) is 0 Å². The van der Waals surface area contributed by atoms with Crippen LogP contribution in [0.3, 0.4) is 0 Å². The highest BCUT2D eigenvalue weighted by Crippen LogP contribution is 2.11. The number of rotatable bonds is 0. The maximum Gasteiger partial charge on any atom is 0.294 e. The summed E-state index contributed by atoms with van der Waals surface area (Å²) < 4.78 is 1.84. The molecule has 16 heavy (non-hydrogen) atoms. The molecule has 1 aromatic carbocycles. The van der Waals surface area contributed by atoms with Crippen LogP contribution < -0.4 is 5.56 Å². The molecule has 3 heteroatoms. The van der Waals surface area contributed by atoms with Gasteiger partial charge in [0.15, 0.2) is 0 Å². The number of hydrogen-bond donors (Lipinski definition) is 0. The second-order valence-corrected chi connectivity index (χ2v) is 3.86. The minimum Gasteiger partial charge on any atom is -0.318 e. The van der Waals surface area contributed by atoms with Crippen LogP contribution in [0.4, 0.5) is 0 Å². The molecule has 0 aliphatic rings. The molecule has 0 fully saturated rings. The predicted molar refractivity (Wildman–Crippen MR) is 63.7 cm³/mol. The van der Waals surface area contributed by atoms with Gasteiger partial charge < -0.3 is 4.40 Å². The van der Waals surface area contributed by atoms with E-state index in [0.29, 0.717) is 5.52 Å². The molecule has 0 radical (unpaired) electrons. The van der Waals surface area contributed by atoms with Crippen molar-refractivity contribution in [2.75, 3.05) is 0 Å². The largest absolute Gasteiger partial charge is 0.318 e. The third kappa shape index (κ3) is 1.21. The summed E-state index contributed by atoms with van der Waals surface area (Å²) in [4.78, 5) is 16.1. The van der Waals surface area contributed by atoms with E-state index in [9.17, 15) is 4.79 Å². The molecule has 2 heterocycles. The van der Waals surface area contributed by atoms with E-state index < -0.39 is 0 Å². The third-order valence-electron chi connectivity index (χ3n) is 2.76. The second-order valence-electron chi connectivity index (χ2n) is 3.86. The summed E-state index contributed by atoms with van der Waals surface area (Å²) in [5, 5.41) is 0.963. The molecule has 0 saturated heterocycles. The van der Waals surface area contributed by atoms with E-state index in [1.165, 1.54) is 0 Å². The van der Waals surface area contributed by atoms with Crippen molar-refractivity contribution >= 4 is 16.4 Å². The zero-order chi connectivity index (χ0) is 11.1. The minimum absolute atomic E-state index is 0.177. The number of nitrogens with zero attached hydrogens (tertiary/aromatic N) is 2. The monoisotopic (exact) mass is 210 g/mol. The van der Waals surface area contributed by atoms with E-state index >= 15 is 0 Å². The van der Waals surface area contributed by atoms with E-state index in [2.05, 4.69) is 4.98 Å². The van der Waals surface area contributed by atoms with Gasteiger partial charge in [0.2, 0.25) is 0 Å². The first-order valence-corrected chi connectivity index (χ1v) is 5.13. The molecule has 0 saturated carbocycles. The lowest BCUT2D eigenvalue weighted by molar-refractivity contribution is 1.20. The molecule has 0 N–H and O–H groups in total. The summed E-state index contributed by atoms with van der Waals surface area (Å²) in [6, 6.07) is 9.56. The number of para-hydroxylation sites is 1. The van der Waals surface area contributed by atoms with Gasteiger partial charge in [0.05, 0.1) is 5.52 Å². The fraction of sp³-hybridized carbons (Fsp3) is 0.0769. The van der Waals surface area contributed by atoms with Crippen molar-refractivity contribution in [3.8, 4) is 0 Å². The Morgan fingerprint density at radius 2 is 2.00 bits per heavy atom. The van der Waals surface area contributed by atoms with Gasteiger partial charge in [0.1, 0.15) is 5.52 Å². The van der Waals surface area contributed by atoms with Gasteiger partial charge in [-0.2, -0.15) is 0 Å². The first-order chi connectivity index (χ1) is 7.75. The van der Waals surface area contributed by atoms with Crippen LogP contribution in [0.2, 0.25) is 0 Å². The normalized spacial score (nSPS) is 11.1. The highest BCUT2D eigenvalue weighted by molar-refractivity contribution is 5.78. The SMILES string of the molecule is Cc1ccn2cc3ccccc3nc(=O)c12. The van der Waals surface area contributed by atoms with Gasteiger partial charge >= 0.3 is 0 Å². The zero-order valence-electron chi connectivity index (χ0n) is 8.84. The third-order valence-corrected chi connectivity index (χ3v) is 2.76. The Bertz CT molecular complexity index is 744. The van der Waals surface area contributed by atoms with Gasteiger partial charge in [-0.1, -0.05) is 18.2 Å². The molecule has 3 nitrogen and oxygen atoms in total. The van der Waals surface area contributed by atoms with Crippen molar-refractivity contribution in [2.45, 2.75) is 6.92 Å². The smallest absolute Gasteiger partial charge is 0.294 e. The Labute approximate surface area is 92.0 Å². The number of hydrogen-bond acceptors (Lipinski definition) is 2. The maximum absolute atomic E-state index is 11.9. The van der Waals surface area contributed by atoms with Crippen LogP contribution in [0.5, 0.6) is 0 Å². The fourth-order valence-electron chi connectivity index (χ4n) is 1.95. The molecule has 0 amide bonds. The van der Waals surface area contributed by atoms with Crippen molar-refractivity contribution in [2.24, 2.45) is 0 Å². The Morgan fingerprint density at radius 3 is 2.88 bits per heavy atom. The Hall–Kier alpha value is -2.16. The number of aromatic nitrogens is 2. The van der Waals surface area contributed by atoms with E-state index in [-0.39, 0.29) is 5.56 Å². The first-order valence-electron chi connectivity index (χ1n) is 5.13. The predicted octanol–water partition coefficient (Wildman–Crippen LogP) is 2.16. The van der Waals surface area contributed by atoms with E-state index in [1.54, 1.807) is 0 Å². The number of fused-ring (bicyclic) bond motifs is 2. The van der Waals surface area contributed by atoms with Crippen LogP contribution >= 0.6 is 0 Å². The maximum atomic E-state index is 11.9. The van der Waals surface area contributed by atoms with Crippen molar-refractivity contribution in [3.05, 3.63) is 58.6 Å². The standard InChI is InChI=1S/C13H10N2O/c1-9-6-7-15-8-10-4-2-3-5-11(10)14-13(16)12(9)15/h2-8H,1H3. The van der Waals surface area contributed by atoms with Gasteiger partial charge in [0.25, 0.3) is 5.56 Å². The molecular weight excluding hydrogens is 200 g/mol. The van der Waals surface area contributed by atoms with Gasteiger partial charge in [-0.05, 0) is 24.6 Å². The quantitative estimate of drug-likeness (QED) is 0.569. The molecule has 0 bridgehead atoms. The van der Waals surface area contributed by atoms with Crippen LogP contribution in [0.25, 0.3) is 16.4 Å². The van der Waals surface area contributed by atoms with Crippen molar-refractivity contribution in [1.29, 1.82) is 0 Å². The van der Waals surface area contributed by atoms with E-state index in [1.807, 2.05) is 54.0 Å². The highest BCUT2D eigenvalue weighted by atomic mass is 16.1. The van der Waals surface area contributed by atoms with E-state index in [4.69, 9.17) is 0 Å². The van der Waals surface area contributed by atoms with Crippen LogP contribution in [-0.2, 0) is 0 Å². The summed E-state index contributed by atoms with van der Waals surface area (Å²) in [6.07, 6.45) is 3.83. The minimum atomic E-state index is -0.177. The second kappa shape index (κ2) is 3.17. The molecule has 0 aliphatic heterocycles. The average Bonchev–Trinajstić information content (AvgIpc) is 2.56. The van der Waals surface area contributed by atoms with Crippen LogP contribution in [0, 0.1) is 6.92 Å². The Morgan fingerprint density at radius 1 is 1.19 bits per heavy atom. The lowest BCUT2D eigenvalue weighted by Gasteiger charge is -1.88. The van der Waals surface area contributed by atoms with Gasteiger partial charge in [-0.25, -0.2) is 4.98 Å². The number of aryl methyl sites for hydroxylation is 1. The first kappa shape index (κ1) is 9.09. The average molecular weight is 210 g/mol. The molecule has 0 atom stereocenters. The fourth-order valence-corrected chi connectivity index (χ4v) is 1.95. The molecular formula is C13H10N2O.